The van der Waals surface area contributed by atoms with E-state index in [0.717, 1.165) is 11.3 Å². The first-order valence-corrected chi connectivity index (χ1v) is 5.99. The zero-order valence-electron chi connectivity index (χ0n) is 11.3. The monoisotopic (exact) mass is 255 g/mol. The van der Waals surface area contributed by atoms with Crippen molar-refractivity contribution in [3.63, 3.8) is 0 Å². The molecule has 0 fully saturated rings. The molecule has 0 aliphatic heterocycles. The van der Waals surface area contributed by atoms with Gasteiger partial charge in [-0.2, -0.15) is 0 Å². The fourth-order valence-electron chi connectivity index (χ4n) is 1.90. The van der Waals surface area contributed by atoms with Gasteiger partial charge in [0.25, 0.3) is 0 Å². The van der Waals surface area contributed by atoms with Crippen LogP contribution in [0.3, 0.4) is 0 Å². The summed E-state index contributed by atoms with van der Waals surface area (Å²) in [7, 11) is 1.87. The Morgan fingerprint density at radius 2 is 2.11 bits per heavy atom. The van der Waals surface area contributed by atoms with Crippen molar-refractivity contribution in [3.05, 3.63) is 47.7 Å². The van der Waals surface area contributed by atoms with E-state index in [1.165, 1.54) is 4.57 Å². The SMILES string of the molecule is CC(=N)n1ccnc(N(C)c2cccc(C)c2)c1=N. The minimum atomic E-state index is 0.207. The highest BCUT2D eigenvalue weighted by Crippen LogP contribution is 2.19. The molecule has 0 amide bonds. The molecule has 0 radical (unpaired) electrons. The van der Waals surface area contributed by atoms with E-state index in [4.69, 9.17) is 10.8 Å². The summed E-state index contributed by atoms with van der Waals surface area (Å²) in [6.07, 6.45) is 3.23. The van der Waals surface area contributed by atoms with E-state index in [1.54, 1.807) is 19.3 Å². The maximum Gasteiger partial charge on any atom is 0.176 e. The van der Waals surface area contributed by atoms with Gasteiger partial charge in [0.2, 0.25) is 0 Å². The van der Waals surface area contributed by atoms with E-state index in [2.05, 4.69) is 4.98 Å². The van der Waals surface area contributed by atoms with E-state index >= 15 is 0 Å². The number of hydrogen-bond donors (Lipinski definition) is 2. The third kappa shape index (κ3) is 2.54. The number of nitrogens with one attached hydrogen (secondary N) is 2. The molecular formula is C14H17N5. The van der Waals surface area contributed by atoms with Gasteiger partial charge in [-0.3, -0.25) is 15.4 Å². The van der Waals surface area contributed by atoms with Crippen molar-refractivity contribution < 1.29 is 0 Å². The predicted octanol–water partition coefficient (Wildman–Crippen LogP) is 2.28. The number of hydrogen-bond acceptors (Lipinski definition) is 4. The molecule has 1 heterocycles. The van der Waals surface area contributed by atoms with E-state index in [9.17, 15) is 0 Å². The normalized spacial score (nSPS) is 10.3. The van der Waals surface area contributed by atoms with Gasteiger partial charge in [0, 0.05) is 25.1 Å². The van der Waals surface area contributed by atoms with Crippen molar-refractivity contribution >= 4 is 17.3 Å². The zero-order valence-corrected chi connectivity index (χ0v) is 11.3. The van der Waals surface area contributed by atoms with Crippen LogP contribution in [0.2, 0.25) is 0 Å². The number of rotatable bonds is 2. The van der Waals surface area contributed by atoms with Gasteiger partial charge in [0.1, 0.15) is 5.84 Å². The number of anilines is 2. The Morgan fingerprint density at radius 3 is 2.74 bits per heavy atom. The molecule has 0 aliphatic rings. The molecule has 1 aromatic heterocycles. The third-order valence-electron chi connectivity index (χ3n) is 2.93. The number of benzene rings is 1. The zero-order chi connectivity index (χ0) is 14.0. The average molecular weight is 255 g/mol. The van der Waals surface area contributed by atoms with Gasteiger partial charge in [-0.25, -0.2) is 4.98 Å². The molecule has 0 saturated heterocycles. The molecule has 5 heteroatoms. The van der Waals surface area contributed by atoms with E-state index in [1.807, 2.05) is 43.1 Å². The van der Waals surface area contributed by atoms with Gasteiger partial charge in [-0.1, -0.05) is 12.1 Å². The second kappa shape index (κ2) is 5.06. The van der Waals surface area contributed by atoms with Crippen molar-refractivity contribution in [3.8, 4) is 0 Å². The molecule has 1 aromatic carbocycles. The van der Waals surface area contributed by atoms with E-state index in [-0.39, 0.29) is 5.49 Å². The van der Waals surface area contributed by atoms with Crippen LogP contribution < -0.4 is 10.4 Å². The molecule has 0 aliphatic carbocycles. The van der Waals surface area contributed by atoms with Crippen molar-refractivity contribution in [1.29, 1.82) is 10.8 Å². The Balaban J connectivity index is 2.51. The van der Waals surface area contributed by atoms with E-state index in [0.29, 0.717) is 11.7 Å². The Kier molecular flexibility index (Phi) is 3.46. The van der Waals surface area contributed by atoms with Crippen LogP contribution in [-0.4, -0.2) is 22.4 Å². The lowest BCUT2D eigenvalue weighted by molar-refractivity contribution is 0.906. The third-order valence-corrected chi connectivity index (χ3v) is 2.93. The van der Waals surface area contributed by atoms with Gasteiger partial charge >= 0.3 is 0 Å². The van der Waals surface area contributed by atoms with Crippen LogP contribution in [0.5, 0.6) is 0 Å². The Bertz CT molecular complexity index is 672. The van der Waals surface area contributed by atoms with Gasteiger partial charge in [-0.15, -0.1) is 0 Å². The minimum Gasteiger partial charge on any atom is -0.326 e. The fourth-order valence-corrected chi connectivity index (χ4v) is 1.90. The van der Waals surface area contributed by atoms with Crippen LogP contribution in [-0.2, 0) is 0 Å². The summed E-state index contributed by atoms with van der Waals surface area (Å²) < 4.78 is 1.49. The summed E-state index contributed by atoms with van der Waals surface area (Å²) in [4.78, 5) is 6.10. The molecule has 98 valence electrons. The van der Waals surface area contributed by atoms with Gasteiger partial charge in [-0.05, 0) is 31.5 Å². The molecule has 2 aromatic rings. The van der Waals surface area contributed by atoms with Crippen molar-refractivity contribution in [1.82, 2.24) is 9.55 Å². The Hall–Kier alpha value is -2.43. The Labute approximate surface area is 112 Å². The quantitative estimate of drug-likeness (QED) is 0.638. The predicted molar refractivity (Wildman–Crippen MR) is 76.1 cm³/mol. The fraction of sp³-hybridized carbons (Fsp3) is 0.214. The lowest BCUT2D eigenvalue weighted by atomic mass is 10.2. The summed E-state index contributed by atoms with van der Waals surface area (Å²) in [5.74, 6) is 0.825. The molecule has 0 atom stereocenters. The van der Waals surface area contributed by atoms with Crippen LogP contribution in [0.25, 0.3) is 0 Å². The van der Waals surface area contributed by atoms with Crippen LogP contribution >= 0.6 is 0 Å². The molecule has 0 unspecified atom stereocenters. The highest BCUT2D eigenvalue weighted by Gasteiger charge is 2.10. The van der Waals surface area contributed by atoms with Gasteiger partial charge in [0.05, 0.1) is 0 Å². The topological polar surface area (TPSA) is 68.8 Å². The van der Waals surface area contributed by atoms with Crippen LogP contribution in [0.15, 0.2) is 36.7 Å². The second-order valence-corrected chi connectivity index (χ2v) is 4.45. The summed E-state index contributed by atoms with van der Waals surface area (Å²) in [6, 6.07) is 8.02. The summed E-state index contributed by atoms with van der Waals surface area (Å²) in [5.41, 5.74) is 2.34. The van der Waals surface area contributed by atoms with Crippen LogP contribution in [0.1, 0.15) is 12.5 Å². The standard InChI is InChI=1S/C14H17N5/c1-10-5-4-6-12(9-10)18(3)14-13(16)19(11(2)15)8-7-17-14/h4-9,15-16H,1-3H3. The first-order valence-electron chi connectivity index (χ1n) is 5.99. The lowest BCUT2D eigenvalue weighted by Gasteiger charge is -2.19. The molecule has 0 spiro atoms. The highest BCUT2D eigenvalue weighted by molar-refractivity contribution is 5.79. The van der Waals surface area contributed by atoms with Crippen LogP contribution in [0.4, 0.5) is 11.5 Å². The molecule has 2 rings (SSSR count). The smallest absolute Gasteiger partial charge is 0.176 e. The number of aromatic nitrogens is 2. The summed E-state index contributed by atoms with van der Waals surface area (Å²) in [6.45, 7) is 3.67. The minimum absolute atomic E-state index is 0.207. The van der Waals surface area contributed by atoms with Crippen LogP contribution in [0, 0.1) is 17.7 Å². The van der Waals surface area contributed by atoms with Gasteiger partial charge in [0.15, 0.2) is 11.3 Å². The number of aryl methyl sites for hydroxylation is 1. The number of nitrogens with zero attached hydrogens (tertiary/aromatic N) is 3. The molecular weight excluding hydrogens is 238 g/mol. The van der Waals surface area contributed by atoms with E-state index < -0.39 is 0 Å². The highest BCUT2D eigenvalue weighted by atomic mass is 15.2. The second-order valence-electron chi connectivity index (χ2n) is 4.45. The first-order chi connectivity index (χ1) is 9.00. The van der Waals surface area contributed by atoms with Crippen molar-refractivity contribution in [2.24, 2.45) is 0 Å². The summed E-state index contributed by atoms with van der Waals surface area (Å²) >= 11 is 0. The molecule has 19 heavy (non-hydrogen) atoms. The molecule has 2 N–H and O–H groups in total. The van der Waals surface area contributed by atoms with Gasteiger partial charge < -0.3 is 4.90 Å². The largest absolute Gasteiger partial charge is 0.326 e. The maximum absolute atomic E-state index is 8.13. The first kappa shape index (κ1) is 13.0. The average Bonchev–Trinajstić information content (AvgIpc) is 2.38. The Morgan fingerprint density at radius 1 is 1.37 bits per heavy atom. The van der Waals surface area contributed by atoms with Crippen molar-refractivity contribution in [2.45, 2.75) is 13.8 Å². The summed E-state index contributed by atoms with van der Waals surface area (Å²) in [5, 5.41) is 15.8. The molecule has 0 saturated carbocycles. The lowest BCUT2D eigenvalue weighted by Crippen LogP contribution is -2.30. The maximum atomic E-state index is 8.13. The van der Waals surface area contributed by atoms with Crippen molar-refractivity contribution in [2.75, 3.05) is 11.9 Å². The molecule has 0 bridgehead atoms. The molecule has 5 nitrogen and oxygen atoms in total.